The Morgan fingerprint density at radius 2 is 2.00 bits per heavy atom. The Labute approximate surface area is 115 Å². The SMILES string of the molecule is CCN(Cc1cccs1)CC1CCC(CN)CC1. The quantitative estimate of drug-likeness (QED) is 0.855. The summed E-state index contributed by atoms with van der Waals surface area (Å²) in [6.45, 7) is 6.73. The molecule has 0 atom stereocenters. The average Bonchev–Trinajstić information content (AvgIpc) is 2.91. The van der Waals surface area contributed by atoms with Gasteiger partial charge in [0.2, 0.25) is 0 Å². The van der Waals surface area contributed by atoms with Crippen LogP contribution in [0.5, 0.6) is 0 Å². The van der Waals surface area contributed by atoms with E-state index in [1.807, 2.05) is 11.3 Å². The van der Waals surface area contributed by atoms with Crippen LogP contribution >= 0.6 is 11.3 Å². The van der Waals surface area contributed by atoms with Gasteiger partial charge in [0, 0.05) is 18.0 Å². The van der Waals surface area contributed by atoms with Crippen molar-refractivity contribution < 1.29 is 0 Å². The molecular weight excluding hydrogens is 240 g/mol. The Morgan fingerprint density at radius 1 is 1.28 bits per heavy atom. The zero-order chi connectivity index (χ0) is 12.8. The molecule has 0 aliphatic heterocycles. The van der Waals surface area contributed by atoms with Crippen molar-refractivity contribution in [2.45, 2.75) is 39.2 Å². The number of nitrogens with two attached hydrogens (primary N) is 1. The lowest BCUT2D eigenvalue weighted by molar-refractivity contribution is 0.183. The van der Waals surface area contributed by atoms with E-state index in [9.17, 15) is 0 Å². The minimum atomic E-state index is 0.800. The second-order valence-corrected chi connectivity index (χ2v) is 6.56. The standard InChI is InChI=1S/C15H26N2S/c1-2-17(12-15-4-3-9-18-15)11-14-7-5-13(10-16)6-8-14/h3-4,9,13-14H,2,5-8,10-12,16H2,1H3. The van der Waals surface area contributed by atoms with Gasteiger partial charge < -0.3 is 5.73 Å². The highest BCUT2D eigenvalue weighted by molar-refractivity contribution is 7.09. The number of hydrogen-bond acceptors (Lipinski definition) is 3. The monoisotopic (exact) mass is 266 g/mol. The first-order valence-electron chi connectivity index (χ1n) is 7.26. The van der Waals surface area contributed by atoms with Gasteiger partial charge >= 0.3 is 0 Å². The van der Waals surface area contributed by atoms with Crippen LogP contribution in [0.2, 0.25) is 0 Å². The van der Waals surface area contributed by atoms with Crippen molar-refractivity contribution in [3.05, 3.63) is 22.4 Å². The summed E-state index contributed by atoms with van der Waals surface area (Å²) in [5, 5.41) is 2.18. The minimum absolute atomic E-state index is 0.800. The fourth-order valence-electron chi connectivity index (χ4n) is 2.94. The van der Waals surface area contributed by atoms with Gasteiger partial charge in [-0.3, -0.25) is 4.90 Å². The van der Waals surface area contributed by atoms with Crippen LogP contribution in [-0.2, 0) is 6.54 Å². The molecule has 2 rings (SSSR count). The van der Waals surface area contributed by atoms with E-state index in [4.69, 9.17) is 5.73 Å². The van der Waals surface area contributed by atoms with E-state index in [2.05, 4.69) is 29.3 Å². The molecule has 0 radical (unpaired) electrons. The van der Waals surface area contributed by atoms with Crippen molar-refractivity contribution in [1.29, 1.82) is 0 Å². The van der Waals surface area contributed by atoms with E-state index in [0.717, 1.165) is 31.5 Å². The molecule has 0 spiro atoms. The van der Waals surface area contributed by atoms with Crippen LogP contribution < -0.4 is 5.73 Å². The highest BCUT2D eigenvalue weighted by Crippen LogP contribution is 2.29. The van der Waals surface area contributed by atoms with E-state index in [-0.39, 0.29) is 0 Å². The first kappa shape index (κ1) is 14.0. The smallest absolute Gasteiger partial charge is 0.0327 e. The maximum Gasteiger partial charge on any atom is 0.0327 e. The Morgan fingerprint density at radius 3 is 2.56 bits per heavy atom. The maximum atomic E-state index is 5.76. The molecule has 2 N–H and O–H groups in total. The van der Waals surface area contributed by atoms with Crippen LogP contribution in [-0.4, -0.2) is 24.5 Å². The highest BCUT2D eigenvalue weighted by Gasteiger charge is 2.21. The summed E-state index contributed by atoms with van der Waals surface area (Å²) >= 11 is 1.87. The lowest BCUT2D eigenvalue weighted by Crippen LogP contribution is -2.32. The van der Waals surface area contributed by atoms with Crippen molar-refractivity contribution in [2.24, 2.45) is 17.6 Å². The minimum Gasteiger partial charge on any atom is -0.330 e. The van der Waals surface area contributed by atoms with Crippen LogP contribution in [0.25, 0.3) is 0 Å². The van der Waals surface area contributed by atoms with Crippen LogP contribution in [0.15, 0.2) is 17.5 Å². The van der Waals surface area contributed by atoms with E-state index in [0.29, 0.717) is 0 Å². The molecule has 18 heavy (non-hydrogen) atoms. The van der Waals surface area contributed by atoms with E-state index >= 15 is 0 Å². The first-order chi connectivity index (χ1) is 8.81. The molecule has 2 nitrogen and oxygen atoms in total. The van der Waals surface area contributed by atoms with Crippen LogP contribution in [0.3, 0.4) is 0 Å². The van der Waals surface area contributed by atoms with Gasteiger partial charge in [-0.1, -0.05) is 13.0 Å². The molecule has 0 saturated heterocycles. The summed E-state index contributed by atoms with van der Waals surface area (Å²) in [4.78, 5) is 4.09. The van der Waals surface area contributed by atoms with Gasteiger partial charge in [0.1, 0.15) is 0 Å². The Kier molecular flexibility index (Phi) is 5.67. The van der Waals surface area contributed by atoms with E-state index in [1.54, 1.807) is 0 Å². The van der Waals surface area contributed by atoms with Gasteiger partial charge in [-0.05, 0) is 62.1 Å². The normalized spacial score (nSPS) is 24.6. The molecule has 1 aromatic rings. The van der Waals surface area contributed by atoms with E-state index < -0.39 is 0 Å². The fourth-order valence-corrected chi connectivity index (χ4v) is 3.69. The third kappa shape index (κ3) is 4.08. The topological polar surface area (TPSA) is 29.3 Å². The number of rotatable bonds is 6. The molecule has 1 heterocycles. The molecule has 0 unspecified atom stereocenters. The van der Waals surface area contributed by atoms with Gasteiger partial charge in [-0.2, -0.15) is 0 Å². The predicted octanol–water partition coefficient (Wildman–Crippen LogP) is 3.34. The van der Waals surface area contributed by atoms with E-state index in [1.165, 1.54) is 37.1 Å². The van der Waals surface area contributed by atoms with Crippen molar-refractivity contribution in [2.75, 3.05) is 19.6 Å². The number of hydrogen-bond donors (Lipinski definition) is 1. The molecule has 1 aliphatic carbocycles. The van der Waals surface area contributed by atoms with Gasteiger partial charge in [0.25, 0.3) is 0 Å². The second-order valence-electron chi connectivity index (χ2n) is 5.53. The molecule has 102 valence electrons. The van der Waals surface area contributed by atoms with Gasteiger partial charge in [-0.15, -0.1) is 11.3 Å². The fraction of sp³-hybridized carbons (Fsp3) is 0.733. The van der Waals surface area contributed by atoms with Crippen LogP contribution in [0, 0.1) is 11.8 Å². The zero-order valence-corrected chi connectivity index (χ0v) is 12.3. The maximum absolute atomic E-state index is 5.76. The third-order valence-corrected chi connectivity index (χ3v) is 5.08. The molecule has 1 fully saturated rings. The van der Waals surface area contributed by atoms with Crippen molar-refractivity contribution in [3.63, 3.8) is 0 Å². The number of thiophene rings is 1. The summed E-state index contributed by atoms with van der Waals surface area (Å²) in [6.07, 6.45) is 5.45. The third-order valence-electron chi connectivity index (χ3n) is 4.22. The van der Waals surface area contributed by atoms with Crippen molar-refractivity contribution >= 4 is 11.3 Å². The lowest BCUT2D eigenvalue weighted by Gasteiger charge is -2.31. The highest BCUT2D eigenvalue weighted by atomic mass is 32.1. The molecule has 1 aliphatic rings. The van der Waals surface area contributed by atoms with Crippen molar-refractivity contribution in [1.82, 2.24) is 4.90 Å². The molecule has 0 bridgehead atoms. The Balaban J connectivity index is 1.76. The zero-order valence-electron chi connectivity index (χ0n) is 11.5. The summed E-state index contributed by atoms with van der Waals surface area (Å²) in [6, 6.07) is 4.40. The Hall–Kier alpha value is -0.380. The summed E-state index contributed by atoms with van der Waals surface area (Å²) < 4.78 is 0. The molecule has 1 saturated carbocycles. The lowest BCUT2D eigenvalue weighted by atomic mass is 9.82. The Bertz CT molecular complexity index is 315. The molecule has 1 aromatic heterocycles. The van der Waals surface area contributed by atoms with Gasteiger partial charge in [-0.25, -0.2) is 0 Å². The van der Waals surface area contributed by atoms with Crippen LogP contribution in [0.1, 0.15) is 37.5 Å². The molecule has 0 amide bonds. The molecular formula is C15H26N2S. The molecule has 3 heteroatoms. The second kappa shape index (κ2) is 7.27. The summed E-state index contributed by atoms with van der Waals surface area (Å²) in [5.41, 5.74) is 5.76. The number of nitrogens with zero attached hydrogens (tertiary/aromatic N) is 1. The van der Waals surface area contributed by atoms with Gasteiger partial charge in [0.05, 0.1) is 0 Å². The predicted molar refractivity (Wildman–Crippen MR) is 79.8 cm³/mol. The molecule has 0 aromatic carbocycles. The van der Waals surface area contributed by atoms with Crippen LogP contribution in [0.4, 0.5) is 0 Å². The van der Waals surface area contributed by atoms with Gasteiger partial charge in [0.15, 0.2) is 0 Å². The van der Waals surface area contributed by atoms with Crippen molar-refractivity contribution in [3.8, 4) is 0 Å². The largest absolute Gasteiger partial charge is 0.330 e. The summed E-state index contributed by atoms with van der Waals surface area (Å²) in [5.74, 6) is 1.70. The summed E-state index contributed by atoms with van der Waals surface area (Å²) in [7, 11) is 0. The average molecular weight is 266 g/mol. The first-order valence-corrected chi connectivity index (χ1v) is 8.14.